The second-order valence-corrected chi connectivity index (χ2v) is 5.95. The second-order valence-electron chi connectivity index (χ2n) is 5.95. The Morgan fingerprint density at radius 3 is 2.58 bits per heavy atom. The predicted octanol–water partition coefficient (Wildman–Crippen LogP) is 1.51. The molecule has 1 N–H and O–H groups in total. The van der Waals surface area contributed by atoms with Gasteiger partial charge in [0.15, 0.2) is 0 Å². The van der Waals surface area contributed by atoms with Gasteiger partial charge in [-0.05, 0) is 30.8 Å². The minimum atomic E-state index is -0.262. The third-order valence-corrected chi connectivity index (χ3v) is 4.43. The van der Waals surface area contributed by atoms with Gasteiger partial charge in [0.05, 0.1) is 13.2 Å². The molecule has 0 unspecified atom stereocenters. The topological polar surface area (TPSA) is 65.6 Å². The zero-order chi connectivity index (χ0) is 17.1. The van der Waals surface area contributed by atoms with E-state index in [2.05, 4.69) is 16.9 Å². The van der Waals surface area contributed by atoms with Crippen LogP contribution in [0.25, 0.3) is 0 Å². The summed E-state index contributed by atoms with van der Waals surface area (Å²) in [5.41, 5.74) is 1.21. The van der Waals surface area contributed by atoms with Gasteiger partial charge in [0, 0.05) is 25.7 Å². The fraction of sp³-hybridized carbons (Fsp3) is 0.333. The first-order valence-corrected chi connectivity index (χ1v) is 7.91. The molecule has 2 aromatic rings. The van der Waals surface area contributed by atoms with Crippen molar-refractivity contribution in [3.05, 3.63) is 64.1 Å². The predicted molar refractivity (Wildman–Crippen MR) is 91.3 cm³/mol. The Balaban J connectivity index is 1.79. The molecular formula is C18H21N3O3. The van der Waals surface area contributed by atoms with E-state index in [1.807, 2.05) is 24.3 Å². The van der Waals surface area contributed by atoms with E-state index in [-0.39, 0.29) is 17.5 Å². The van der Waals surface area contributed by atoms with Crippen LogP contribution in [0.15, 0.2) is 47.3 Å². The number of pyridine rings is 1. The molecule has 1 fully saturated rings. The van der Waals surface area contributed by atoms with Crippen molar-refractivity contribution in [3.63, 3.8) is 0 Å². The summed E-state index contributed by atoms with van der Waals surface area (Å²) in [7, 11) is 3.70. The summed E-state index contributed by atoms with van der Waals surface area (Å²) in [6.45, 7) is 2.00. The lowest BCUT2D eigenvalue weighted by atomic mass is 10.0. The quantitative estimate of drug-likeness (QED) is 0.928. The van der Waals surface area contributed by atoms with Crippen LogP contribution in [0.4, 0.5) is 0 Å². The summed E-state index contributed by atoms with van der Waals surface area (Å²) in [6, 6.07) is 12.7. The van der Waals surface area contributed by atoms with E-state index in [0.29, 0.717) is 18.8 Å². The number of methoxy groups -OCH3 is 1. The normalized spacial score (nSPS) is 18.4. The molecule has 6 heteroatoms. The molecule has 1 aliphatic rings. The lowest BCUT2D eigenvalue weighted by Crippen LogP contribution is -2.49. The van der Waals surface area contributed by atoms with Crippen molar-refractivity contribution in [2.75, 3.05) is 33.8 Å². The van der Waals surface area contributed by atoms with Crippen LogP contribution in [0.3, 0.4) is 0 Å². The van der Waals surface area contributed by atoms with Gasteiger partial charge < -0.3 is 14.6 Å². The number of aromatic nitrogens is 1. The summed E-state index contributed by atoms with van der Waals surface area (Å²) in [4.78, 5) is 30.7. The summed E-state index contributed by atoms with van der Waals surface area (Å²) >= 11 is 0. The number of hydrogen-bond donors (Lipinski definition) is 1. The van der Waals surface area contributed by atoms with Crippen molar-refractivity contribution in [1.82, 2.24) is 14.8 Å². The molecule has 1 aliphatic heterocycles. The Labute approximate surface area is 140 Å². The largest absolute Gasteiger partial charge is 0.497 e. The van der Waals surface area contributed by atoms with Crippen molar-refractivity contribution < 1.29 is 9.53 Å². The van der Waals surface area contributed by atoms with Crippen LogP contribution in [0.2, 0.25) is 0 Å². The number of nitrogens with zero attached hydrogens (tertiary/aromatic N) is 2. The summed E-state index contributed by atoms with van der Waals surface area (Å²) in [6.07, 6.45) is 0. The Morgan fingerprint density at radius 2 is 1.92 bits per heavy atom. The molecule has 1 atom stereocenters. The maximum atomic E-state index is 12.7. The van der Waals surface area contributed by atoms with Gasteiger partial charge in [-0.15, -0.1) is 0 Å². The molecule has 3 rings (SSSR count). The van der Waals surface area contributed by atoms with Gasteiger partial charge in [-0.25, -0.2) is 0 Å². The first-order chi connectivity index (χ1) is 11.6. The fourth-order valence-corrected chi connectivity index (χ4v) is 2.99. The average Bonchev–Trinajstić information content (AvgIpc) is 2.62. The minimum absolute atomic E-state index is 0.115. The SMILES string of the molecule is COc1ccc([C@H]2CN(C(=O)c3cccc(=O)[nH]3)CCN2C)cc1. The first kappa shape index (κ1) is 16.3. The number of likely N-dealkylation sites (N-methyl/N-ethyl adjacent to an activating group) is 1. The highest BCUT2D eigenvalue weighted by Crippen LogP contribution is 2.26. The van der Waals surface area contributed by atoms with Gasteiger partial charge in [0.1, 0.15) is 11.4 Å². The zero-order valence-corrected chi connectivity index (χ0v) is 13.9. The third kappa shape index (κ3) is 3.33. The smallest absolute Gasteiger partial charge is 0.270 e. The maximum absolute atomic E-state index is 12.7. The first-order valence-electron chi connectivity index (χ1n) is 7.91. The van der Waals surface area contributed by atoms with E-state index in [9.17, 15) is 9.59 Å². The third-order valence-electron chi connectivity index (χ3n) is 4.43. The van der Waals surface area contributed by atoms with Crippen LogP contribution in [-0.4, -0.2) is 54.5 Å². The van der Waals surface area contributed by atoms with Gasteiger partial charge in [-0.1, -0.05) is 18.2 Å². The molecule has 0 aliphatic carbocycles. The molecule has 0 radical (unpaired) electrons. The van der Waals surface area contributed by atoms with Crippen LogP contribution in [0.5, 0.6) is 5.75 Å². The van der Waals surface area contributed by atoms with E-state index in [4.69, 9.17) is 4.74 Å². The number of piperazine rings is 1. The van der Waals surface area contributed by atoms with Crippen LogP contribution in [-0.2, 0) is 0 Å². The highest BCUT2D eigenvalue weighted by atomic mass is 16.5. The number of aromatic amines is 1. The van der Waals surface area contributed by atoms with Crippen molar-refractivity contribution in [2.24, 2.45) is 0 Å². The molecule has 0 saturated carbocycles. The Kier molecular flexibility index (Phi) is 4.66. The Morgan fingerprint density at radius 1 is 1.17 bits per heavy atom. The molecule has 1 saturated heterocycles. The van der Waals surface area contributed by atoms with E-state index in [1.165, 1.54) is 6.07 Å². The summed E-state index contributed by atoms with van der Waals surface area (Å²) < 4.78 is 5.20. The second kappa shape index (κ2) is 6.88. The van der Waals surface area contributed by atoms with E-state index < -0.39 is 0 Å². The number of benzene rings is 1. The molecule has 0 spiro atoms. The number of rotatable bonds is 3. The molecule has 0 bridgehead atoms. The van der Waals surface area contributed by atoms with Crippen LogP contribution in [0.1, 0.15) is 22.1 Å². The Bertz CT molecular complexity index is 770. The van der Waals surface area contributed by atoms with Gasteiger partial charge in [-0.2, -0.15) is 0 Å². The molecule has 24 heavy (non-hydrogen) atoms. The minimum Gasteiger partial charge on any atom is -0.497 e. The van der Waals surface area contributed by atoms with Crippen molar-refractivity contribution in [2.45, 2.75) is 6.04 Å². The number of carbonyl (C=O) groups excluding carboxylic acids is 1. The lowest BCUT2D eigenvalue weighted by Gasteiger charge is -2.39. The summed E-state index contributed by atoms with van der Waals surface area (Å²) in [5, 5.41) is 0. The Hall–Kier alpha value is -2.60. The van der Waals surface area contributed by atoms with Gasteiger partial charge in [-0.3, -0.25) is 14.5 Å². The van der Waals surface area contributed by atoms with Gasteiger partial charge in [0.2, 0.25) is 5.56 Å². The molecule has 1 aromatic heterocycles. The number of carbonyl (C=O) groups is 1. The van der Waals surface area contributed by atoms with E-state index >= 15 is 0 Å². The van der Waals surface area contributed by atoms with Crippen LogP contribution < -0.4 is 10.3 Å². The van der Waals surface area contributed by atoms with Crippen molar-refractivity contribution >= 4 is 5.91 Å². The van der Waals surface area contributed by atoms with E-state index in [1.54, 1.807) is 24.1 Å². The van der Waals surface area contributed by atoms with Crippen LogP contribution in [0, 0.1) is 0 Å². The monoisotopic (exact) mass is 327 g/mol. The fourth-order valence-electron chi connectivity index (χ4n) is 2.99. The van der Waals surface area contributed by atoms with Crippen molar-refractivity contribution in [3.8, 4) is 5.75 Å². The number of H-pyrrole nitrogens is 1. The number of nitrogens with one attached hydrogen (secondary N) is 1. The average molecular weight is 327 g/mol. The zero-order valence-electron chi connectivity index (χ0n) is 13.9. The molecule has 1 amide bonds. The standard InChI is InChI=1S/C18H21N3O3/c1-20-10-11-21(18(23)15-4-3-5-17(22)19-15)12-16(20)13-6-8-14(24-2)9-7-13/h3-9,16H,10-12H2,1-2H3,(H,19,22)/t16-/m1/s1. The molecule has 2 heterocycles. The lowest BCUT2D eigenvalue weighted by molar-refractivity contribution is 0.0540. The van der Waals surface area contributed by atoms with Crippen LogP contribution >= 0.6 is 0 Å². The molecule has 6 nitrogen and oxygen atoms in total. The van der Waals surface area contributed by atoms with Gasteiger partial charge in [0.25, 0.3) is 5.91 Å². The molecular weight excluding hydrogens is 306 g/mol. The molecule has 126 valence electrons. The highest BCUT2D eigenvalue weighted by Gasteiger charge is 2.29. The summed E-state index contributed by atoms with van der Waals surface area (Å²) in [5.74, 6) is 0.673. The number of ether oxygens (including phenoxy) is 1. The highest BCUT2D eigenvalue weighted by molar-refractivity contribution is 5.92. The van der Waals surface area contributed by atoms with E-state index in [0.717, 1.165) is 17.9 Å². The molecule has 1 aromatic carbocycles. The van der Waals surface area contributed by atoms with Crippen molar-refractivity contribution in [1.29, 1.82) is 0 Å². The number of hydrogen-bond acceptors (Lipinski definition) is 4. The van der Waals surface area contributed by atoms with Gasteiger partial charge >= 0.3 is 0 Å². The number of amides is 1. The maximum Gasteiger partial charge on any atom is 0.270 e.